The van der Waals surface area contributed by atoms with Gasteiger partial charge >= 0.3 is 0 Å². The number of aryl methyl sites for hydroxylation is 1. The zero-order valence-electron chi connectivity index (χ0n) is 16.6. The Balaban J connectivity index is 0.00000280. The summed E-state index contributed by atoms with van der Waals surface area (Å²) in [5.41, 5.74) is 1.01. The maximum absolute atomic E-state index is 12.6. The van der Waals surface area contributed by atoms with Gasteiger partial charge in [0.2, 0.25) is 15.9 Å². The van der Waals surface area contributed by atoms with Crippen LogP contribution in [0.3, 0.4) is 0 Å². The SMILES string of the molecule is CNCC1CCCN(C(=O)CCc2ccc(S(=O)(=O)N3CCCC3)cc2)C1.Cl. The van der Waals surface area contributed by atoms with Crippen LogP contribution in [0.1, 0.15) is 37.7 Å². The zero-order chi connectivity index (χ0) is 19.3. The summed E-state index contributed by atoms with van der Waals surface area (Å²) in [5.74, 6) is 0.743. The quantitative estimate of drug-likeness (QED) is 0.721. The molecular formula is C20H32ClN3O3S. The molecule has 1 N–H and O–H groups in total. The number of nitrogens with zero attached hydrogens (tertiary/aromatic N) is 2. The Hall–Kier alpha value is -1.15. The summed E-state index contributed by atoms with van der Waals surface area (Å²) in [6.07, 6.45) is 5.25. The number of rotatable bonds is 7. The minimum atomic E-state index is -3.36. The number of carbonyl (C=O) groups excluding carboxylic acids is 1. The average Bonchev–Trinajstić information content (AvgIpc) is 3.23. The highest BCUT2D eigenvalue weighted by Gasteiger charge is 2.27. The van der Waals surface area contributed by atoms with Crippen molar-refractivity contribution in [2.45, 2.75) is 43.4 Å². The van der Waals surface area contributed by atoms with E-state index in [9.17, 15) is 13.2 Å². The molecule has 2 aliphatic heterocycles. The molecule has 1 aromatic rings. The summed E-state index contributed by atoms with van der Waals surface area (Å²) < 4.78 is 26.7. The second kappa shape index (κ2) is 10.6. The van der Waals surface area contributed by atoms with Gasteiger partial charge in [0.25, 0.3) is 0 Å². The first-order valence-electron chi connectivity index (χ1n) is 10.0. The van der Waals surface area contributed by atoms with E-state index >= 15 is 0 Å². The van der Waals surface area contributed by atoms with E-state index in [1.54, 1.807) is 16.4 Å². The van der Waals surface area contributed by atoms with Crippen LogP contribution in [0.2, 0.25) is 0 Å². The predicted octanol–water partition coefficient (Wildman–Crippen LogP) is 2.28. The van der Waals surface area contributed by atoms with E-state index in [1.165, 1.54) is 6.42 Å². The summed E-state index contributed by atoms with van der Waals surface area (Å²) in [5, 5.41) is 3.20. The van der Waals surface area contributed by atoms with Crippen LogP contribution in [0.25, 0.3) is 0 Å². The van der Waals surface area contributed by atoms with E-state index in [4.69, 9.17) is 0 Å². The van der Waals surface area contributed by atoms with E-state index < -0.39 is 10.0 Å². The van der Waals surface area contributed by atoms with E-state index in [1.807, 2.05) is 24.1 Å². The summed E-state index contributed by atoms with van der Waals surface area (Å²) in [6.45, 7) is 3.88. The molecule has 0 spiro atoms. The van der Waals surface area contributed by atoms with Gasteiger partial charge in [-0.25, -0.2) is 8.42 Å². The summed E-state index contributed by atoms with van der Waals surface area (Å²) in [6, 6.07) is 7.04. The third-order valence-electron chi connectivity index (χ3n) is 5.62. The molecule has 158 valence electrons. The Morgan fingerprint density at radius 3 is 2.43 bits per heavy atom. The Labute approximate surface area is 175 Å². The number of hydrogen-bond donors (Lipinski definition) is 1. The Kier molecular flexibility index (Phi) is 8.74. The molecule has 2 heterocycles. The third kappa shape index (κ3) is 5.69. The van der Waals surface area contributed by atoms with Crippen molar-refractivity contribution in [3.05, 3.63) is 29.8 Å². The molecule has 1 atom stereocenters. The summed E-state index contributed by atoms with van der Waals surface area (Å²) >= 11 is 0. The number of carbonyl (C=O) groups is 1. The molecule has 28 heavy (non-hydrogen) atoms. The fraction of sp³-hybridized carbons (Fsp3) is 0.650. The summed E-state index contributed by atoms with van der Waals surface area (Å²) in [7, 11) is -1.41. The van der Waals surface area contributed by atoms with Crippen molar-refractivity contribution >= 4 is 28.3 Å². The van der Waals surface area contributed by atoms with Crippen molar-refractivity contribution in [2.24, 2.45) is 5.92 Å². The molecule has 2 saturated heterocycles. The summed E-state index contributed by atoms with van der Waals surface area (Å²) in [4.78, 5) is 14.9. The monoisotopic (exact) mass is 429 g/mol. The van der Waals surface area contributed by atoms with Gasteiger partial charge in [0.15, 0.2) is 0 Å². The van der Waals surface area contributed by atoms with Gasteiger partial charge in [-0.1, -0.05) is 12.1 Å². The first-order chi connectivity index (χ1) is 13.0. The molecule has 0 aliphatic carbocycles. The van der Waals surface area contributed by atoms with Crippen LogP contribution in [-0.2, 0) is 21.2 Å². The number of sulfonamides is 1. The molecule has 2 aliphatic rings. The van der Waals surface area contributed by atoms with Crippen LogP contribution in [0.5, 0.6) is 0 Å². The first kappa shape index (κ1) is 23.1. The van der Waals surface area contributed by atoms with Crippen LogP contribution < -0.4 is 5.32 Å². The lowest BCUT2D eigenvalue weighted by molar-refractivity contribution is -0.132. The van der Waals surface area contributed by atoms with Crippen molar-refractivity contribution < 1.29 is 13.2 Å². The molecule has 8 heteroatoms. The van der Waals surface area contributed by atoms with Gasteiger partial charge in [-0.15, -0.1) is 12.4 Å². The van der Waals surface area contributed by atoms with E-state index in [2.05, 4.69) is 5.32 Å². The van der Waals surface area contributed by atoms with Gasteiger partial charge in [0, 0.05) is 32.6 Å². The molecule has 0 bridgehead atoms. The van der Waals surface area contributed by atoms with Gasteiger partial charge in [-0.3, -0.25) is 4.79 Å². The maximum atomic E-state index is 12.6. The Bertz CT molecular complexity index is 732. The molecule has 1 aromatic carbocycles. The second-order valence-corrected chi connectivity index (χ2v) is 9.60. The van der Waals surface area contributed by atoms with Crippen LogP contribution in [0, 0.1) is 5.92 Å². The molecule has 1 amide bonds. The Morgan fingerprint density at radius 2 is 1.79 bits per heavy atom. The minimum Gasteiger partial charge on any atom is -0.342 e. The smallest absolute Gasteiger partial charge is 0.243 e. The number of amides is 1. The van der Waals surface area contributed by atoms with Gasteiger partial charge in [0.05, 0.1) is 4.90 Å². The molecule has 1 unspecified atom stereocenters. The topological polar surface area (TPSA) is 69.7 Å². The standard InChI is InChI=1S/C20H31N3O3S.ClH/c1-21-15-18-5-4-12-22(16-18)20(24)11-8-17-6-9-19(10-7-17)27(25,26)23-13-2-3-14-23;/h6-7,9-10,18,21H,2-5,8,11-16H2,1H3;1H. The zero-order valence-corrected chi connectivity index (χ0v) is 18.2. The van der Waals surface area contributed by atoms with Crippen molar-refractivity contribution in [2.75, 3.05) is 39.8 Å². The molecule has 0 aromatic heterocycles. The minimum absolute atomic E-state index is 0. The van der Waals surface area contributed by atoms with Crippen molar-refractivity contribution in [3.8, 4) is 0 Å². The van der Waals surface area contributed by atoms with E-state index in [-0.39, 0.29) is 18.3 Å². The van der Waals surface area contributed by atoms with Crippen molar-refractivity contribution in [1.29, 1.82) is 0 Å². The fourth-order valence-electron chi connectivity index (χ4n) is 4.06. The highest BCUT2D eigenvalue weighted by atomic mass is 35.5. The molecule has 2 fully saturated rings. The molecule has 0 radical (unpaired) electrons. The number of halogens is 1. The largest absolute Gasteiger partial charge is 0.342 e. The van der Waals surface area contributed by atoms with E-state index in [0.717, 1.165) is 44.5 Å². The third-order valence-corrected chi connectivity index (χ3v) is 7.53. The van der Waals surface area contributed by atoms with Gasteiger partial charge < -0.3 is 10.2 Å². The highest BCUT2D eigenvalue weighted by Crippen LogP contribution is 2.22. The number of likely N-dealkylation sites (tertiary alicyclic amines) is 1. The number of nitrogens with one attached hydrogen (secondary N) is 1. The molecule has 3 rings (SSSR count). The average molecular weight is 430 g/mol. The van der Waals surface area contributed by atoms with Crippen LogP contribution in [-0.4, -0.2) is 63.3 Å². The second-order valence-electron chi connectivity index (χ2n) is 7.66. The van der Waals surface area contributed by atoms with Gasteiger partial charge in [-0.2, -0.15) is 4.31 Å². The lowest BCUT2D eigenvalue weighted by Gasteiger charge is -2.32. The molecule has 6 nitrogen and oxygen atoms in total. The fourth-order valence-corrected chi connectivity index (χ4v) is 5.58. The number of benzene rings is 1. The number of hydrogen-bond acceptors (Lipinski definition) is 4. The Morgan fingerprint density at radius 1 is 1.11 bits per heavy atom. The molecular weight excluding hydrogens is 398 g/mol. The van der Waals surface area contributed by atoms with Crippen molar-refractivity contribution in [3.63, 3.8) is 0 Å². The number of piperidine rings is 1. The predicted molar refractivity (Wildman–Crippen MR) is 113 cm³/mol. The molecule has 0 saturated carbocycles. The highest BCUT2D eigenvalue weighted by molar-refractivity contribution is 7.89. The van der Waals surface area contributed by atoms with E-state index in [0.29, 0.717) is 36.7 Å². The maximum Gasteiger partial charge on any atom is 0.243 e. The van der Waals surface area contributed by atoms with Crippen LogP contribution in [0.15, 0.2) is 29.2 Å². The van der Waals surface area contributed by atoms with Crippen LogP contribution >= 0.6 is 12.4 Å². The first-order valence-corrected chi connectivity index (χ1v) is 11.5. The van der Waals surface area contributed by atoms with Crippen LogP contribution in [0.4, 0.5) is 0 Å². The van der Waals surface area contributed by atoms with Gasteiger partial charge in [0.1, 0.15) is 0 Å². The van der Waals surface area contributed by atoms with Gasteiger partial charge in [-0.05, 0) is 69.3 Å². The lowest BCUT2D eigenvalue weighted by atomic mass is 9.97. The normalized spacial score (nSPS) is 20.8. The lowest BCUT2D eigenvalue weighted by Crippen LogP contribution is -2.42. The van der Waals surface area contributed by atoms with Crippen molar-refractivity contribution in [1.82, 2.24) is 14.5 Å².